The van der Waals surface area contributed by atoms with Gasteiger partial charge in [-0.15, -0.1) is 0 Å². The van der Waals surface area contributed by atoms with E-state index < -0.39 is 0 Å². The first-order chi connectivity index (χ1) is 13.6. The van der Waals surface area contributed by atoms with E-state index in [0.717, 1.165) is 0 Å². The lowest BCUT2D eigenvalue weighted by Gasteiger charge is -2.13. The minimum absolute atomic E-state index is 0.184. The molecular formula is C20H20N4O4. The first kappa shape index (κ1) is 19.2. The SMILES string of the molecule is O=C(CCCN1C(=O)c2ccccc2C1=O)NCCNC(=O)c1cccnc1. The first-order valence-corrected chi connectivity index (χ1v) is 8.98. The van der Waals surface area contributed by atoms with E-state index in [0.29, 0.717) is 23.1 Å². The van der Waals surface area contributed by atoms with Crippen molar-refractivity contribution in [1.29, 1.82) is 0 Å². The van der Waals surface area contributed by atoms with Gasteiger partial charge in [0.1, 0.15) is 0 Å². The molecule has 4 amide bonds. The Morgan fingerprint density at radius 1 is 0.929 bits per heavy atom. The average Bonchev–Trinajstić information content (AvgIpc) is 2.97. The zero-order chi connectivity index (χ0) is 19.9. The van der Waals surface area contributed by atoms with Crippen molar-refractivity contribution in [3.63, 3.8) is 0 Å². The summed E-state index contributed by atoms with van der Waals surface area (Å²) in [6, 6.07) is 10.0. The summed E-state index contributed by atoms with van der Waals surface area (Å²) in [5.41, 5.74) is 1.26. The van der Waals surface area contributed by atoms with Gasteiger partial charge in [0.15, 0.2) is 0 Å². The number of carbonyl (C=O) groups is 4. The van der Waals surface area contributed by atoms with E-state index in [9.17, 15) is 19.2 Å². The summed E-state index contributed by atoms with van der Waals surface area (Å²) >= 11 is 0. The molecule has 28 heavy (non-hydrogen) atoms. The molecule has 2 N–H and O–H groups in total. The molecule has 8 heteroatoms. The van der Waals surface area contributed by atoms with Gasteiger partial charge in [0, 0.05) is 38.4 Å². The second kappa shape index (κ2) is 8.90. The van der Waals surface area contributed by atoms with Crippen molar-refractivity contribution in [3.8, 4) is 0 Å². The Hall–Kier alpha value is -3.55. The Morgan fingerprint density at radius 3 is 2.25 bits per heavy atom. The highest BCUT2D eigenvalue weighted by Crippen LogP contribution is 2.22. The fraction of sp³-hybridized carbons (Fsp3) is 0.250. The minimum Gasteiger partial charge on any atom is -0.354 e. The third kappa shape index (κ3) is 4.40. The molecule has 0 atom stereocenters. The number of hydrogen-bond acceptors (Lipinski definition) is 5. The highest BCUT2D eigenvalue weighted by Gasteiger charge is 2.34. The fourth-order valence-electron chi connectivity index (χ4n) is 2.91. The van der Waals surface area contributed by atoms with Crippen LogP contribution in [-0.4, -0.2) is 53.1 Å². The largest absolute Gasteiger partial charge is 0.354 e. The van der Waals surface area contributed by atoms with E-state index in [1.807, 2.05) is 0 Å². The van der Waals surface area contributed by atoms with Crippen LogP contribution in [0.3, 0.4) is 0 Å². The molecule has 0 saturated heterocycles. The van der Waals surface area contributed by atoms with Gasteiger partial charge in [0.25, 0.3) is 17.7 Å². The summed E-state index contributed by atoms with van der Waals surface area (Å²) < 4.78 is 0. The molecule has 1 aliphatic rings. The van der Waals surface area contributed by atoms with Crippen molar-refractivity contribution in [1.82, 2.24) is 20.5 Å². The standard InChI is InChI=1S/C20H20N4O4/c25-17(22-10-11-23-18(26)14-5-3-9-21-13-14)8-4-12-24-19(27)15-6-1-2-7-16(15)20(24)28/h1-3,5-7,9,13H,4,8,10-12H2,(H,22,25)(H,23,26). The van der Waals surface area contributed by atoms with Gasteiger partial charge in [-0.3, -0.25) is 29.1 Å². The third-order valence-corrected chi connectivity index (χ3v) is 4.32. The van der Waals surface area contributed by atoms with E-state index in [1.54, 1.807) is 42.6 Å². The van der Waals surface area contributed by atoms with Crippen molar-refractivity contribution in [2.75, 3.05) is 19.6 Å². The second-order valence-electron chi connectivity index (χ2n) is 6.26. The maximum Gasteiger partial charge on any atom is 0.261 e. The smallest absolute Gasteiger partial charge is 0.261 e. The molecule has 144 valence electrons. The van der Waals surface area contributed by atoms with E-state index in [4.69, 9.17) is 0 Å². The normalized spacial score (nSPS) is 12.6. The quantitative estimate of drug-likeness (QED) is 0.525. The predicted molar refractivity (Wildman–Crippen MR) is 101 cm³/mol. The minimum atomic E-state index is -0.320. The van der Waals surface area contributed by atoms with Gasteiger partial charge >= 0.3 is 0 Å². The summed E-state index contributed by atoms with van der Waals surface area (Å²) in [6.45, 7) is 0.771. The van der Waals surface area contributed by atoms with E-state index in [-0.39, 0.29) is 49.7 Å². The van der Waals surface area contributed by atoms with Crippen LogP contribution in [0.15, 0.2) is 48.8 Å². The number of aromatic nitrogens is 1. The Bertz CT molecular complexity index is 863. The average molecular weight is 380 g/mol. The number of fused-ring (bicyclic) bond motifs is 1. The van der Waals surface area contributed by atoms with Crippen LogP contribution in [0.2, 0.25) is 0 Å². The van der Waals surface area contributed by atoms with Crippen LogP contribution in [0.4, 0.5) is 0 Å². The first-order valence-electron chi connectivity index (χ1n) is 8.98. The molecule has 0 bridgehead atoms. The Kier molecular flexibility index (Phi) is 6.11. The monoisotopic (exact) mass is 380 g/mol. The van der Waals surface area contributed by atoms with Gasteiger partial charge in [-0.1, -0.05) is 12.1 Å². The van der Waals surface area contributed by atoms with Gasteiger partial charge in [0.2, 0.25) is 5.91 Å². The molecule has 0 saturated carbocycles. The Balaban J connectivity index is 1.34. The van der Waals surface area contributed by atoms with Crippen molar-refractivity contribution in [2.45, 2.75) is 12.8 Å². The van der Waals surface area contributed by atoms with E-state index >= 15 is 0 Å². The number of nitrogens with one attached hydrogen (secondary N) is 2. The molecule has 0 unspecified atom stereocenters. The Morgan fingerprint density at radius 2 is 1.61 bits per heavy atom. The summed E-state index contributed by atoms with van der Waals surface area (Å²) in [6.07, 6.45) is 3.61. The number of carbonyl (C=O) groups excluding carboxylic acids is 4. The number of benzene rings is 1. The molecule has 0 spiro atoms. The van der Waals surface area contributed by atoms with Crippen LogP contribution in [0.5, 0.6) is 0 Å². The van der Waals surface area contributed by atoms with Gasteiger partial charge in [-0.05, 0) is 30.7 Å². The summed E-state index contributed by atoms with van der Waals surface area (Å²) in [5.74, 6) is -1.10. The Labute approximate surface area is 161 Å². The lowest BCUT2D eigenvalue weighted by Crippen LogP contribution is -2.35. The van der Waals surface area contributed by atoms with Crippen LogP contribution in [-0.2, 0) is 4.79 Å². The number of hydrogen-bond donors (Lipinski definition) is 2. The third-order valence-electron chi connectivity index (χ3n) is 4.32. The molecular weight excluding hydrogens is 360 g/mol. The summed E-state index contributed by atoms with van der Waals surface area (Å²) in [5, 5.41) is 5.38. The number of amides is 4. The molecule has 0 aliphatic carbocycles. The van der Waals surface area contributed by atoms with Gasteiger partial charge in [-0.25, -0.2) is 0 Å². The van der Waals surface area contributed by atoms with Crippen LogP contribution in [0, 0.1) is 0 Å². The lowest BCUT2D eigenvalue weighted by atomic mass is 10.1. The van der Waals surface area contributed by atoms with Crippen LogP contribution < -0.4 is 10.6 Å². The van der Waals surface area contributed by atoms with Crippen molar-refractivity contribution in [3.05, 3.63) is 65.5 Å². The highest BCUT2D eigenvalue weighted by molar-refractivity contribution is 6.21. The van der Waals surface area contributed by atoms with Gasteiger partial charge in [-0.2, -0.15) is 0 Å². The molecule has 3 rings (SSSR count). The molecule has 1 aliphatic heterocycles. The molecule has 2 heterocycles. The maximum absolute atomic E-state index is 12.2. The molecule has 1 aromatic heterocycles. The van der Waals surface area contributed by atoms with E-state index in [1.165, 1.54) is 11.1 Å². The topological polar surface area (TPSA) is 108 Å². The zero-order valence-electron chi connectivity index (χ0n) is 15.2. The van der Waals surface area contributed by atoms with Gasteiger partial charge in [0.05, 0.1) is 16.7 Å². The lowest BCUT2D eigenvalue weighted by molar-refractivity contribution is -0.121. The number of imide groups is 1. The van der Waals surface area contributed by atoms with Gasteiger partial charge < -0.3 is 10.6 Å². The maximum atomic E-state index is 12.2. The zero-order valence-corrected chi connectivity index (χ0v) is 15.2. The molecule has 1 aromatic carbocycles. The van der Waals surface area contributed by atoms with Crippen molar-refractivity contribution < 1.29 is 19.2 Å². The van der Waals surface area contributed by atoms with Crippen molar-refractivity contribution in [2.24, 2.45) is 0 Å². The molecule has 0 fully saturated rings. The number of pyridine rings is 1. The molecule has 8 nitrogen and oxygen atoms in total. The predicted octanol–water partition coefficient (Wildman–Crippen LogP) is 1.00. The summed E-state index contributed by atoms with van der Waals surface area (Å²) in [4.78, 5) is 53.2. The van der Waals surface area contributed by atoms with Crippen LogP contribution in [0.25, 0.3) is 0 Å². The van der Waals surface area contributed by atoms with E-state index in [2.05, 4.69) is 15.6 Å². The number of nitrogens with zero attached hydrogens (tertiary/aromatic N) is 2. The van der Waals surface area contributed by atoms with Crippen molar-refractivity contribution >= 4 is 23.6 Å². The highest BCUT2D eigenvalue weighted by atomic mass is 16.2. The molecule has 0 radical (unpaired) electrons. The van der Waals surface area contributed by atoms with Crippen LogP contribution >= 0.6 is 0 Å². The molecule has 2 aromatic rings. The second-order valence-corrected chi connectivity index (χ2v) is 6.26. The van der Waals surface area contributed by atoms with Crippen LogP contribution in [0.1, 0.15) is 43.9 Å². The number of rotatable bonds is 8. The fourth-order valence-corrected chi connectivity index (χ4v) is 2.91. The summed E-state index contributed by atoms with van der Waals surface area (Å²) in [7, 11) is 0.